The minimum absolute atomic E-state index is 0.00264. The normalized spacial score (nSPS) is 12.0. The molecule has 2 aromatic heterocycles. The fourth-order valence-corrected chi connectivity index (χ4v) is 5.33. The zero-order valence-corrected chi connectivity index (χ0v) is 23.6. The smallest absolute Gasteiger partial charge is 0.336 e. The summed E-state index contributed by atoms with van der Waals surface area (Å²) in [4.78, 5) is 16.2. The zero-order chi connectivity index (χ0) is 27.5. The number of hydrogen-bond donors (Lipinski definition) is 1. The second-order valence-corrected chi connectivity index (χ2v) is 10.9. The van der Waals surface area contributed by atoms with Crippen LogP contribution in [0.1, 0.15) is 0 Å². The molecule has 39 heavy (non-hydrogen) atoms. The lowest BCUT2D eigenvalue weighted by molar-refractivity contribution is 0.126. The van der Waals surface area contributed by atoms with Crippen molar-refractivity contribution < 1.29 is 14.3 Å². The van der Waals surface area contributed by atoms with Crippen LogP contribution in [0.15, 0.2) is 81.1 Å². The number of nitrogens with zero attached hydrogens (tertiary/aromatic N) is 3. The lowest BCUT2D eigenvalue weighted by Gasteiger charge is -2.14. The first-order valence-corrected chi connectivity index (χ1v) is 13.9. The first kappa shape index (κ1) is 27.7. The highest BCUT2D eigenvalue weighted by atomic mass is 35.5. The molecule has 0 saturated carbocycles. The molecule has 3 aromatic carbocycles. The summed E-state index contributed by atoms with van der Waals surface area (Å²) in [7, 11) is 0. The highest BCUT2D eigenvalue weighted by Gasteiger charge is 2.19. The molecule has 0 saturated heterocycles. The van der Waals surface area contributed by atoms with E-state index in [2.05, 4.69) is 15.2 Å². The number of halogens is 4. The van der Waals surface area contributed by atoms with Crippen molar-refractivity contribution in [2.75, 3.05) is 12.4 Å². The Morgan fingerprint density at radius 2 is 1.51 bits per heavy atom. The summed E-state index contributed by atoms with van der Waals surface area (Å²) in [5, 5.41) is 21.9. The van der Waals surface area contributed by atoms with Crippen molar-refractivity contribution in [3.8, 4) is 28.3 Å². The molecule has 12 heteroatoms. The number of benzene rings is 3. The minimum Gasteiger partial charge on any atom is -0.491 e. The molecule has 198 valence electrons. The number of aromatic nitrogens is 3. The molecule has 0 aliphatic rings. The van der Waals surface area contributed by atoms with Crippen molar-refractivity contribution in [2.24, 2.45) is 0 Å². The predicted molar refractivity (Wildman–Crippen MR) is 155 cm³/mol. The number of fused-ring (bicyclic) bond motifs is 1. The fraction of sp³-hybridized carbons (Fsp3) is 0.111. The number of thioether (sulfide) groups is 1. The second kappa shape index (κ2) is 12.1. The molecule has 1 N–H and O–H groups in total. The molecule has 1 atom stereocenters. The average molecular weight is 621 g/mol. The summed E-state index contributed by atoms with van der Waals surface area (Å²) in [6.45, 7) is -0.00264. The fourth-order valence-electron chi connectivity index (χ4n) is 3.65. The van der Waals surface area contributed by atoms with Crippen molar-refractivity contribution in [3.63, 3.8) is 0 Å². The van der Waals surface area contributed by atoms with Gasteiger partial charge >= 0.3 is 5.63 Å². The van der Waals surface area contributed by atoms with Gasteiger partial charge in [0, 0.05) is 44.4 Å². The van der Waals surface area contributed by atoms with E-state index >= 15 is 0 Å². The molecular weight excluding hydrogens is 604 g/mol. The first-order valence-electron chi connectivity index (χ1n) is 11.4. The van der Waals surface area contributed by atoms with Gasteiger partial charge in [-0.1, -0.05) is 58.2 Å². The van der Waals surface area contributed by atoms with Gasteiger partial charge in [-0.2, -0.15) is 0 Å². The largest absolute Gasteiger partial charge is 0.491 e. The zero-order valence-electron chi connectivity index (χ0n) is 19.8. The van der Waals surface area contributed by atoms with Gasteiger partial charge in [0.2, 0.25) is 5.16 Å². The number of ether oxygens (including phenoxy) is 1. The standard InChI is InChI=1S/C27H17Cl4N3O4S/c28-15-3-6-19(21(30)9-15)25-26(20-7-4-16(29)10-22(20)31)33-34-27(32-25)39-13-17(35)12-37-18-5-1-14-2-8-24(36)38-23(14)11-18/h1-11,17,35H,12-13H2. The number of aliphatic hydroxyl groups is 1. The second-order valence-electron chi connectivity index (χ2n) is 8.27. The van der Waals surface area contributed by atoms with Crippen LogP contribution in [0.4, 0.5) is 0 Å². The third kappa shape index (κ3) is 6.66. The van der Waals surface area contributed by atoms with Crippen molar-refractivity contribution in [3.05, 3.63) is 97.2 Å². The molecule has 1 unspecified atom stereocenters. The van der Waals surface area contributed by atoms with Gasteiger partial charge in [0.25, 0.3) is 0 Å². The number of aliphatic hydroxyl groups excluding tert-OH is 1. The van der Waals surface area contributed by atoms with E-state index in [-0.39, 0.29) is 12.4 Å². The summed E-state index contributed by atoms with van der Waals surface area (Å²) in [6.07, 6.45) is -0.856. The van der Waals surface area contributed by atoms with Crippen LogP contribution in [0.5, 0.6) is 5.75 Å². The Morgan fingerprint density at radius 3 is 2.21 bits per heavy atom. The topological polar surface area (TPSA) is 98.3 Å². The first-order chi connectivity index (χ1) is 18.8. The molecule has 0 amide bonds. The lowest BCUT2D eigenvalue weighted by atomic mass is 10.0. The van der Waals surface area contributed by atoms with Crippen LogP contribution in [0, 0.1) is 0 Å². The van der Waals surface area contributed by atoms with E-state index in [4.69, 9.17) is 55.6 Å². The predicted octanol–water partition coefficient (Wildman–Crippen LogP) is 7.46. The van der Waals surface area contributed by atoms with Crippen LogP contribution in [0.3, 0.4) is 0 Å². The molecule has 5 aromatic rings. The average Bonchev–Trinajstić information content (AvgIpc) is 2.90. The maximum absolute atomic E-state index is 11.5. The van der Waals surface area contributed by atoms with Crippen molar-refractivity contribution in [1.29, 1.82) is 0 Å². The Kier molecular flexibility index (Phi) is 8.61. The Morgan fingerprint density at radius 1 is 0.846 bits per heavy atom. The van der Waals surface area contributed by atoms with Crippen LogP contribution in [0.2, 0.25) is 20.1 Å². The van der Waals surface area contributed by atoms with Crippen molar-refractivity contribution in [1.82, 2.24) is 15.2 Å². The van der Waals surface area contributed by atoms with E-state index in [0.29, 0.717) is 59.1 Å². The molecule has 0 radical (unpaired) electrons. The van der Waals surface area contributed by atoms with E-state index in [9.17, 15) is 9.90 Å². The minimum atomic E-state index is -0.856. The van der Waals surface area contributed by atoms with E-state index in [0.717, 1.165) is 5.39 Å². The van der Waals surface area contributed by atoms with Crippen LogP contribution in [-0.4, -0.2) is 38.8 Å². The van der Waals surface area contributed by atoms with Crippen LogP contribution < -0.4 is 10.4 Å². The maximum atomic E-state index is 11.5. The lowest BCUT2D eigenvalue weighted by Crippen LogP contribution is -2.20. The molecule has 0 bridgehead atoms. The molecule has 0 fully saturated rings. The van der Waals surface area contributed by atoms with E-state index < -0.39 is 11.7 Å². The summed E-state index contributed by atoms with van der Waals surface area (Å²) >= 11 is 26.3. The van der Waals surface area contributed by atoms with E-state index in [1.807, 2.05) is 0 Å². The summed E-state index contributed by atoms with van der Waals surface area (Å²) in [5.41, 5.74) is 1.98. The van der Waals surface area contributed by atoms with Crippen LogP contribution in [-0.2, 0) is 0 Å². The van der Waals surface area contributed by atoms with Gasteiger partial charge < -0.3 is 14.3 Å². The molecule has 0 aliphatic carbocycles. The van der Waals surface area contributed by atoms with Gasteiger partial charge in [0.15, 0.2) is 0 Å². The molecule has 2 heterocycles. The molecule has 5 rings (SSSR count). The van der Waals surface area contributed by atoms with Crippen LogP contribution >= 0.6 is 58.2 Å². The van der Waals surface area contributed by atoms with Gasteiger partial charge in [-0.3, -0.25) is 0 Å². The molecule has 0 spiro atoms. The summed E-state index contributed by atoms with van der Waals surface area (Å²) < 4.78 is 10.9. The highest BCUT2D eigenvalue weighted by Crippen LogP contribution is 2.38. The van der Waals surface area contributed by atoms with E-state index in [1.54, 1.807) is 60.7 Å². The summed E-state index contributed by atoms with van der Waals surface area (Å²) in [6, 6.07) is 18.2. The maximum Gasteiger partial charge on any atom is 0.336 e. The van der Waals surface area contributed by atoms with Crippen molar-refractivity contribution in [2.45, 2.75) is 11.3 Å². The highest BCUT2D eigenvalue weighted by molar-refractivity contribution is 7.99. The number of hydrogen-bond acceptors (Lipinski definition) is 8. The van der Waals surface area contributed by atoms with Gasteiger partial charge in [-0.05, 0) is 54.6 Å². The Balaban J connectivity index is 1.34. The van der Waals surface area contributed by atoms with Gasteiger partial charge in [-0.15, -0.1) is 10.2 Å². The SMILES string of the molecule is O=c1ccc2ccc(OCC(O)CSc3nnc(-c4ccc(Cl)cc4Cl)c(-c4ccc(Cl)cc4Cl)n3)cc2o1. The Bertz CT molecular complexity index is 1730. The van der Waals surface area contributed by atoms with Crippen molar-refractivity contribution >= 4 is 69.1 Å². The third-order valence-electron chi connectivity index (χ3n) is 5.48. The monoisotopic (exact) mass is 619 g/mol. The van der Waals surface area contributed by atoms with Gasteiger partial charge in [-0.25, -0.2) is 9.78 Å². The molecular formula is C27H17Cl4N3O4S. The molecule has 0 aliphatic heterocycles. The number of rotatable bonds is 8. The Labute approximate surface area is 246 Å². The quantitative estimate of drug-likeness (QED) is 0.141. The van der Waals surface area contributed by atoms with Gasteiger partial charge in [0.1, 0.15) is 29.3 Å². The van der Waals surface area contributed by atoms with E-state index in [1.165, 1.54) is 17.8 Å². The van der Waals surface area contributed by atoms with Gasteiger partial charge in [0.05, 0.1) is 16.1 Å². The van der Waals surface area contributed by atoms with Crippen LogP contribution in [0.25, 0.3) is 33.5 Å². The molecule has 7 nitrogen and oxygen atoms in total. The Hall–Kier alpha value is -2.85. The summed E-state index contributed by atoms with van der Waals surface area (Å²) in [5.74, 6) is 0.682. The third-order valence-corrected chi connectivity index (χ3v) is 7.56.